The van der Waals surface area contributed by atoms with Gasteiger partial charge in [0.05, 0.1) is 0 Å². The maximum absolute atomic E-state index is 14.4. The Bertz CT molecular complexity index is 1360. The summed E-state index contributed by atoms with van der Waals surface area (Å²) in [6, 6.07) is 20.8. The second-order valence-electron chi connectivity index (χ2n) is 8.77. The van der Waals surface area contributed by atoms with E-state index in [0.29, 0.717) is 49.6 Å². The summed E-state index contributed by atoms with van der Waals surface area (Å²) in [4.78, 5) is 26.6. The molecule has 4 aromatic rings. The summed E-state index contributed by atoms with van der Waals surface area (Å²) in [6.45, 7) is 6.37. The molecule has 0 bridgehead atoms. The van der Waals surface area contributed by atoms with E-state index in [1.807, 2.05) is 67.3 Å². The number of benzene rings is 3. The molecule has 0 saturated carbocycles. The molecule has 0 spiro atoms. The lowest BCUT2D eigenvalue weighted by Crippen LogP contribution is -2.49. The van der Waals surface area contributed by atoms with Crippen molar-refractivity contribution in [3.05, 3.63) is 101 Å². The van der Waals surface area contributed by atoms with E-state index in [-0.39, 0.29) is 11.7 Å². The molecule has 0 N–H and O–H groups in total. The first-order chi connectivity index (χ1) is 16.5. The number of anilines is 1. The summed E-state index contributed by atoms with van der Waals surface area (Å²) in [6.07, 6.45) is 0.435. The summed E-state index contributed by atoms with van der Waals surface area (Å²) in [5.41, 5.74) is 3.14. The minimum absolute atomic E-state index is 0.0482. The Labute approximate surface area is 198 Å². The highest BCUT2D eigenvalue weighted by Crippen LogP contribution is 2.26. The number of piperazine rings is 1. The van der Waals surface area contributed by atoms with Crippen LogP contribution in [0.5, 0.6) is 0 Å². The SMILES string of the molecule is Cc1nc(C)c(Cc2ccccc2F)c(N2CCN(C(=O)c3ccc4ccccc4c3)CC2)n1. The molecule has 6 heteroatoms. The molecule has 1 fully saturated rings. The van der Waals surface area contributed by atoms with E-state index in [4.69, 9.17) is 4.98 Å². The number of rotatable bonds is 4. The average Bonchev–Trinajstić information content (AvgIpc) is 2.86. The van der Waals surface area contributed by atoms with Crippen molar-refractivity contribution in [3.63, 3.8) is 0 Å². The van der Waals surface area contributed by atoms with Crippen molar-refractivity contribution in [1.82, 2.24) is 14.9 Å². The molecular weight excluding hydrogens is 427 g/mol. The zero-order valence-corrected chi connectivity index (χ0v) is 19.5. The molecule has 1 amide bonds. The van der Waals surface area contributed by atoms with Crippen molar-refractivity contribution in [2.75, 3.05) is 31.1 Å². The Morgan fingerprint density at radius 1 is 0.882 bits per heavy atom. The minimum Gasteiger partial charge on any atom is -0.353 e. The summed E-state index contributed by atoms with van der Waals surface area (Å²) in [7, 11) is 0. The van der Waals surface area contributed by atoms with E-state index in [0.717, 1.165) is 27.8 Å². The monoisotopic (exact) mass is 454 g/mol. The van der Waals surface area contributed by atoms with E-state index in [1.54, 1.807) is 12.1 Å². The lowest BCUT2D eigenvalue weighted by molar-refractivity contribution is 0.0746. The van der Waals surface area contributed by atoms with Gasteiger partial charge >= 0.3 is 0 Å². The molecule has 1 aliphatic rings. The van der Waals surface area contributed by atoms with E-state index in [2.05, 4.69) is 9.88 Å². The van der Waals surface area contributed by atoms with Gasteiger partial charge in [-0.25, -0.2) is 14.4 Å². The summed E-state index contributed by atoms with van der Waals surface area (Å²) in [5.74, 6) is 1.36. The first-order valence-corrected chi connectivity index (χ1v) is 11.6. The van der Waals surface area contributed by atoms with E-state index < -0.39 is 0 Å². The number of fused-ring (bicyclic) bond motifs is 1. The molecule has 1 saturated heterocycles. The quantitative estimate of drug-likeness (QED) is 0.438. The van der Waals surface area contributed by atoms with Crippen LogP contribution in [0.3, 0.4) is 0 Å². The second-order valence-corrected chi connectivity index (χ2v) is 8.77. The molecule has 1 aromatic heterocycles. The molecule has 1 aliphatic heterocycles. The van der Waals surface area contributed by atoms with Crippen LogP contribution in [0.15, 0.2) is 66.7 Å². The Kier molecular flexibility index (Phi) is 5.97. The van der Waals surface area contributed by atoms with Gasteiger partial charge in [-0.2, -0.15) is 0 Å². The maximum atomic E-state index is 14.4. The molecule has 0 radical (unpaired) electrons. The second kappa shape index (κ2) is 9.21. The predicted molar refractivity (Wildman–Crippen MR) is 133 cm³/mol. The van der Waals surface area contributed by atoms with Gasteiger partial charge in [0.25, 0.3) is 5.91 Å². The fourth-order valence-electron chi connectivity index (χ4n) is 4.64. The summed E-state index contributed by atoms with van der Waals surface area (Å²) >= 11 is 0. The summed E-state index contributed by atoms with van der Waals surface area (Å²) < 4.78 is 14.4. The fraction of sp³-hybridized carbons (Fsp3) is 0.250. The molecule has 5 rings (SSSR count). The van der Waals surface area contributed by atoms with Crippen molar-refractivity contribution >= 4 is 22.5 Å². The molecule has 5 nitrogen and oxygen atoms in total. The van der Waals surface area contributed by atoms with Gasteiger partial charge in [0, 0.05) is 49.4 Å². The van der Waals surface area contributed by atoms with Crippen LogP contribution >= 0.6 is 0 Å². The van der Waals surface area contributed by atoms with Gasteiger partial charge in [-0.1, -0.05) is 48.5 Å². The fourth-order valence-corrected chi connectivity index (χ4v) is 4.64. The number of nitrogens with zero attached hydrogens (tertiary/aromatic N) is 4. The third-order valence-electron chi connectivity index (χ3n) is 6.49. The largest absolute Gasteiger partial charge is 0.353 e. The number of halogens is 1. The van der Waals surface area contributed by atoms with Crippen molar-refractivity contribution in [1.29, 1.82) is 0 Å². The van der Waals surface area contributed by atoms with Crippen molar-refractivity contribution in [2.45, 2.75) is 20.3 Å². The Morgan fingerprint density at radius 2 is 1.59 bits per heavy atom. The molecule has 172 valence electrons. The first kappa shape index (κ1) is 22.0. The molecule has 34 heavy (non-hydrogen) atoms. The normalized spacial score (nSPS) is 14.0. The van der Waals surface area contributed by atoms with Crippen LogP contribution < -0.4 is 4.90 Å². The van der Waals surface area contributed by atoms with Crippen LogP contribution in [0.2, 0.25) is 0 Å². The van der Waals surface area contributed by atoms with Gasteiger partial charge < -0.3 is 9.80 Å². The standard InChI is InChI=1S/C28H27FN4O/c1-19-25(18-23-9-5-6-10-26(23)29)27(31-20(2)30-19)32-13-15-33(16-14-32)28(34)24-12-11-21-7-3-4-8-22(21)17-24/h3-12,17H,13-16,18H2,1-2H3. The van der Waals surface area contributed by atoms with Gasteiger partial charge in [-0.15, -0.1) is 0 Å². The first-order valence-electron chi connectivity index (χ1n) is 11.6. The topological polar surface area (TPSA) is 49.3 Å². The highest BCUT2D eigenvalue weighted by molar-refractivity contribution is 5.98. The highest BCUT2D eigenvalue weighted by Gasteiger charge is 2.26. The van der Waals surface area contributed by atoms with Crippen LogP contribution in [0.25, 0.3) is 10.8 Å². The number of aromatic nitrogens is 2. The third-order valence-corrected chi connectivity index (χ3v) is 6.49. The smallest absolute Gasteiger partial charge is 0.253 e. The van der Waals surface area contributed by atoms with Crippen LogP contribution in [0.4, 0.5) is 10.2 Å². The number of carbonyl (C=O) groups is 1. The minimum atomic E-state index is -0.223. The Morgan fingerprint density at radius 3 is 2.35 bits per heavy atom. The molecular formula is C28H27FN4O. The number of hydrogen-bond acceptors (Lipinski definition) is 4. The molecule has 2 heterocycles. The van der Waals surface area contributed by atoms with Crippen LogP contribution in [0.1, 0.15) is 33.0 Å². The Balaban J connectivity index is 1.35. The lowest BCUT2D eigenvalue weighted by atomic mass is 10.0. The van der Waals surface area contributed by atoms with Crippen LogP contribution in [-0.4, -0.2) is 47.0 Å². The van der Waals surface area contributed by atoms with Crippen LogP contribution in [0, 0.1) is 19.7 Å². The molecule has 0 aliphatic carbocycles. The Hall–Kier alpha value is -3.80. The van der Waals surface area contributed by atoms with Crippen LogP contribution in [-0.2, 0) is 6.42 Å². The maximum Gasteiger partial charge on any atom is 0.253 e. The van der Waals surface area contributed by atoms with Crippen molar-refractivity contribution in [2.24, 2.45) is 0 Å². The molecule has 3 aromatic carbocycles. The predicted octanol–water partition coefficient (Wildman–Crippen LogP) is 4.94. The zero-order chi connectivity index (χ0) is 23.7. The van der Waals surface area contributed by atoms with Gasteiger partial charge in [0.15, 0.2) is 0 Å². The van der Waals surface area contributed by atoms with E-state index in [9.17, 15) is 9.18 Å². The number of aryl methyl sites for hydroxylation is 2. The highest BCUT2D eigenvalue weighted by atomic mass is 19.1. The number of amides is 1. The number of hydrogen-bond donors (Lipinski definition) is 0. The van der Waals surface area contributed by atoms with Crippen molar-refractivity contribution < 1.29 is 9.18 Å². The zero-order valence-electron chi connectivity index (χ0n) is 19.5. The van der Waals surface area contributed by atoms with E-state index in [1.165, 1.54) is 6.07 Å². The average molecular weight is 455 g/mol. The number of carbonyl (C=O) groups excluding carboxylic acids is 1. The molecule has 0 atom stereocenters. The van der Waals surface area contributed by atoms with Gasteiger partial charge in [0.1, 0.15) is 17.5 Å². The third kappa shape index (κ3) is 4.36. The lowest BCUT2D eigenvalue weighted by Gasteiger charge is -2.36. The van der Waals surface area contributed by atoms with Gasteiger partial charge in [-0.3, -0.25) is 4.79 Å². The van der Waals surface area contributed by atoms with Gasteiger partial charge in [0.2, 0.25) is 0 Å². The summed E-state index contributed by atoms with van der Waals surface area (Å²) in [5, 5.41) is 2.19. The van der Waals surface area contributed by atoms with E-state index >= 15 is 0 Å². The van der Waals surface area contributed by atoms with Gasteiger partial charge in [-0.05, 0) is 48.4 Å². The molecule has 0 unspecified atom stereocenters. The van der Waals surface area contributed by atoms with Crippen molar-refractivity contribution in [3.8, 4) is 0 Å².